The molecule has 0 unspecified atom stereocenters. The predicted octanol–water partition coefficient (Wildman–Crippen LogP) is 1.58. The lowest BCUT2D eigenvalue weighted by Crippen LogP contribution is -2.31. The number of anilines is 1. The number of methoxy groups -OCH3 is 1. The quantitative estimate of drug-likeness (QED) is 0.766. The molecule has 1 aromatic carbocycles. The molecular weight excluding hydrogens is 262 g/mol. The smallest absolute Gasteiger partial charge is 0.301 e. The summed E-state index contributed by atoms with van der Waals surface area (Å²) in [6.07, 6.45) is 0. The zero-order valence-corrected chi connectivity index (χ0v) is 9.58. The second-order valence-corrected chi connectivity index (χ2v) is 3.97. The summed E-state index contributed by atoms with van der Waals surface area (Å²) >= 11 is 3.31. The number of rotatable bonds is 2. The Bertz CT molecular complexity index is 444. The third-order valence-corrected chi connectivity index (χ3v) is 2.84. The van der Waals surface area contributed by atoms with Crippen molar-refractivity contribution >= 4 is 33.3 Å². The number of ether oxygens (including phenoxy) is 1. The average Bonchev–Trinajstić information content (AvgIpc) is 2.46. The average molecular weight is 270 g/mol. The van der Waals surface area contributed by atoms with Crippen molar-refractivity contribution in [3.8, 4) is 0 Å². The van der Waals surface area contributed by atoms with Gasteiger partial charge >= 0.3 is 5.91 Å². The van der Waals surface area contributed by atoms with Gasteiger partial charge in [-0.25, -0.2) is 0 Å². The van der Waals surface area contributed by atoms with Gasteiger partial charge in [0.25, 0.3) is 5.78 Å². The number of carbonyl (C=O) groups is 2. The molecule has 0 fully saturated rings. The van der Waals surface area contributed by atoms with Gasteiger partial charge in [-0.2, -0.15) is 0 Å². The number of ketones is 1. The molecule has 5 heteroatoms. The van der Waals surface area contributed by atoms with Gasteiger partial charge in [0.2, 0.25) is 0 Å². The van der Waals surface area contributed by atoms with E-state index in [1.54, 1.807) is 18.2 Å². The van der Waals surface area contributed by atoms with Gasteiger partial charge in [0.1, 0.15) is 6.73 Å². The Kier molecular flexibility index (Phi) is 2.58. The predicted molar refractivity (Wildman–Crippen MR) is 57.8 cm³/mol. The molecule has 0 saturated heterocycles. The number of benzene rings is 1. The van der Waals surface area contributed by atoms with Crippen LogP contribution < -0.4 is 4.90 Å². The molecule has 1 aliphatic rings. The lowest BCUT2D eigenvalue weighted by atomic mass is 10.1. The first-order chi connectivity index (χ1) is 7.16. The van der Waals surface area contributed by atoms with Crippen LogP contribution in [0.4, 0.5) is 5.69 Å². The van der Waals surface area contributed by atoms with Crippen molar-refractivity contribution in [3.63, 3.8) is 0 Å². The van der Waals surface area contributed by atoms with Crippen LogP contribution in [0.3, 0.4) is 0 Å². The first kappa shape index (κ1) is 10.3. The fourth-order valence-electron chi connectivity index (χ4n) is 1.56. The maximum Gasteiger partial charge on any atom is 0.301 e. The number of para-hydroxylation sites is 1. The van der Waals surface area contributed by atoms with Crippen molar-refractivity contribution in [1.29, 1.82) is 0 Å². The molecule has 0 saturated carbocycles. The van der Waals surface area contributed by atoms with Crippen molar-refractivity contribution < 1.29 is 14.3 Å². The van der Waals surface area contributed by atoms with Crippen LogP contribution in [0.2, 0.25) is 0 Å². The summed E-state index contributed by atoms with van der Waals surface area (Å²) in [6, 6.07) is 5.15. The number of nitrogens with zero attached hydrogens (tertiary/aromatic N) is 1. The lowest BCUT2D eigenvalue weighted by Gasteiger charge is -2.15. The first-order valence-electron chi connectivity index (χ1n) is 4.30. The SMILES string of the molecule is COCN1C(=O)C(=O)c2cccc(Br)c21. The molecule has 0 spiro atoms. The van der Waals surface area contributed by atoms with E-state index < -0.39 is 11.7 Å². The van der Waals surface area contributed by atoms with E-state index in [2.05, 4.69) is 15.9 Å². The molecule has 1 aliphatic heterocycles. The summed E-state index contributed by atoms with van der Waals surface area (Å²) in [6.45, 7) is 0.0835. The summed E-state index contributed by atoms with van der Waals surface area (Å²) in [7, 11) is 1.48. The van der Waals surface area contributed by atoms with Crippen molar-refractivity contribution in [2.75, 3.05) is 18.7 Å². The van der Waals surface area contributed by atoms with E-state index in [-0.39, 0.29) is 6.73 Å². The Morgan fingerprint density at radius 2 is 2.13 bits per heavy atom. The molecule has 4 nitrogen and oxygen atoms in total. The largest absolute Gasteiger partial charge is 0.364 e. The van der Waals surface area contributed by atoms with Crippen LogP contribution in [0.15, 0.2) is 22.7 Å². The van der Waals surface area contributed by atoms with Crippen LogP contribution in [-0.4, -0.2) is 25.5 Å². The summed E-state index contributed by atoms with van der Waals surface area (Å²) in [4.78, 5) is 24.5. The van der Waals surface area contributed by atoms with Gasteiger partial charge in [0.15, 0.2) is 0 Å². The summed E-state index contributed by atoms with van der Waals surface area (Å²) in [5.74, 6) is -1.03. The Labute approximate surface area is 94.9 Å². The van der Waals surface area contributed by atoms with E-state index in [1.165, 1.54) is 12.0 Å². The van der Waals surface area contributed by atoms with Gasteiger partial charge in [-0.1, -0.05) is 6.07 Å². The van der Waals surface area contributed by atoms with E-state index >= 15 is 0 Å². The zero-order valence-electron chi connectivity index (χ0n) is 7.99. The summed E-state index contributed by atoms with van der Waals surface area (Å²) in [5, 5.41) is 0. The number of amides is 1. The van der Waals surface area contributed by atoms with Crippen LogP contribution in [0.5, 0.6) is 0 Å². The minimum Gasteiger partial charge on any atom is -0.364 e. The Morgan fingerprint density at radius 1 is 1.40 bits per heavy atom. The highest BCUT2D eigenvalue weighted by atomic mass is 79.9. The Balaban J connectivity index is 2.56. The van der Waals surface area contributed by atoms with Gasteiger partial charge in [-0.15, -0.1) is 0 Å². The molecule has 2 rings (SSSR count). The van der Waals surface area contributed by atoms with Crippen molar-refractivity contribution in [2.24, 2.45) is 0 Å². The van der Waals surface area contributed by atoms with E-state index in [0.29, 0.717) is 11.3 Å². The highest BCUT2D eigenvalue weighted by Crippen LogP contribution is 2.35. The van der Waals surface area contributed by atoms with Crippen LogP contribution in [0.25, 0.3) is 0 Å². The summed E-state index contributed by atoms with van der Waals surface area (Å²) < 4.78 is 5.61. The van der Waals surface area contributed by atoms with E-state index in [4.69, 9.17) is 4.74 Å². The molecule has 0 aromatic heterocycles. The van der Waals surface area contributed by atoms with Crippen molar-refractivity contribution in [2.45, 2.75) is 0 Å². The number of hydrogen-bond donors (Lipinski definition) is 0. The van der Waals surface area contributed by atoms with Crippen LogP contribution >= 0.6 is 15.9 Å². The topological polar surface area (TPSA) is 46.6 Å². The Morgan fingerprint density at radius 3 is 2.80 bits per heavy atom. The number of hydrogen-bond acceptors (Lipinski definition) is 3. The molecule has 0 bridgehead atoms. The maximum absolute atomic E-state index is 11.6. The van der Waals surface area contributed by atoms with E-state index in [0.717, 1.165) is 4.47 Å². The molecule has 1 amide bonds. The first-order valence-corrected chi connectivity index (χ1v) is 5.09. The second-order valence-electron chi connectivity index (χ2n) is 3.12. The van der Waals surface area contributed by atoms with Gasteiger partial charge in [0.05, 0.1) is 11.3 Å². The number of fused-ring (bicyclic) bond motifs is 1. The van der Waals surface area contributed by atoms with E-state index in [1.807, 2.05) is 0 Å². The molecule has 1 heterocycles. The van der Waals surface area contributed by atoms with Crippen molar-refractivity contribution in [1.82, 2.24) is 0 Å². The van der Waals surface area contributed by atoms with Crippen molar-refractivity contribution in [3.05, 3.63) is 28.2 Å². The molecule has 15 heavy (non-hydrogen) atoms. The van der Waals surface area contributed by atoms with Gasteiger partial charge < -0.3 is 4.74 Å². The third-order valence-electron chi connectivity index (χ3n) is 2.20. The maximum atomic E-state index is 11.6. The van der Waals surface area contributed by atoms with E-state index in [9.17, 15) is 9.59 Å². The standard InChI is InChI=1S/C10H8BrNO3/c1-15-5-12-8-6(9(13)10(12)14)3-2-4-7(8)11/h2-4H,5H2,1H3. The fraction of sp³-hybridized carbons (Fsp3) is 0.200. The number of halogens is 1. The normalized spacial score (nSPS) is 14.7. The lowest BCUT2D eigenvalue weighted by molar-refractivity contribution is -0.115. The fourth-order valence-corrected chi connectivity index (χ4v) is 2.14. The van der Waals surface area contributed by atoms with Gasteiger partial charge in [-0.05, 0) is 28.1 Å². The zero-order chi connectivity index (χ0) is 11.0. The molecular formula is C10H8BrNO3. The molecule has 0 N–H and O–H groups in total. The van der Waals surface area contributed by atoms with Gasteiger partial charge in [-0.3, -0.25) is 14.5 Å². The number of carbonyl (C=O) groups excluding carboxylic acids is 2. The molecule has 1 aromatic rings. The van der Waals surface area contributed by atoms with Gasteiger partial charge in [0, 0.05) is 11.6 Å². The summed E-state index contributed by atoms with van der Waals surface area (Å²) in [5.41, 5.74) is 1.01. The molecule has 0 radical (unpaired) electrons. The molecule has 78 valence electrons. The highest BCUT2D eigenvalue weighted by Gasteiger charge is 2.36. The number of Topliss-reactive ketones (excluding diaryl/α,β-unsaturated/α-hetero) is 1. The second kappa shape index (κ2) is 3.75. The Hall–Kier alpha value is -1.20. The molecule has 0 aliphatic carbocycles. The van der Waals surface area contributed by atoms with Crippen LogP contribution in [0.1, 0.15) is 10.4 Å². The van der Waals surface area contributed by atoms with Crippen LogP contribution in [0, 0.1) is 0 Å². The van der Waals surface area contributed by atoms with Crippen LogP contribution in [-0.2, 0) is 9.53 Å². The third kappa shape index (κ3) is 1.48. The highest BCUT2D eigenvalue weighted by molar-refractivity contribution is 9.10. The minimum atomic E-state index is -0.543. The monoisotopic (exact) mass is 269 g/mol. The molecule has 0 atom stereocenters. The minimum absolute atomic E-state index is 0.0835.